The van der Waals surface area contributed by atoms with E-state index in [1.807, 2.05) is 12.3 Å². The van der Waals surface area contributed by atoms with Gasteiger partial charge in [0.1, 0.15) is 0 Å². The Balaban J connectivity index is 1.45. The number of nitrogens with one attached hydrogen (secondary N) is 2. The van der Waals surface area contributed by atoms with Crippen LogP contribution in [0.5, 0.6) is 0 Å². The Labute approximate surface area is 145 Å². The number of thioether (sulfide) groups is 1. The first-order valence-corrected chi connectivity index (χ1v) is 9.77. The SMILES string of the molecule is Cc1csc(NC(=O)CSc2nnc(NC(=O)C3CCC3)s2)n1. The van der Waals surface area contributed by atoms with Gasteiger partial charge in [-0.05, 0) is 19.8 Å². The van der Waals surface area contributed by atoms with Crippen molar-refractivity contribution in [3.63, 3.8) is 0 Å². The quantitative estimate of drug-likeness (QED) is 0.600. The summed E-state index contributed by atoms with van der Waals surface area (Å²) in [6.07, 6.45) is 3.01. The Morgan fingerprint density at radius 2 is 2.13 bits per heavy atom. The lowest BCUT2D eigenvalue weighted by molar-refractivity contribution is -0.122. The average molecular weight is 369 g/mol. The van der Waals surface area contributed by atoms with E-state index in [0.29, 0.717) is 14.6 Å². The summed E-state index contributed by atoms with van der Waals surface area (Å²) in [5, 5.41) is 16.4. The van der Waals surface area contributed by atoms with Crippen LogP contribution in [0.3, 0.4) is 0 Å². The Hall–Kier alpha value is -1.52. The Morgan fingerprint density at radius 1 is 1.30 bits per heavy atom. The van der Waals surface area contributed by atoms with Crippen LogP contribution in [0, 0.1) is 12.8 Å². The molecule has 23 heavy (non-hydrogen) atoms. The molecule has 1 fully saturated rings. The number of carbonyl (C=O) groups is 2. The van der Waals surface area contributed by atoms with Gasteiger partial charge >= 0.3 is 0 Å². The maximum atomic E-state index is 11.8. The Bertz CT molecular complexity index is 710. The minimum absolute atomic E-state index is 0.0147. The Morgan fingerprint density at radius 3 is 2.78 bits per heavy atom. The largest absolute Gasteiger partial charge is 0.301 e. The number of amides is 2. The van der Waals surface area contributed by atoms with E-state index >= 15 is 0 Å². The van der Waals surface area contributed by atoms with Gasteiger partial charge in [0.25, 0.3) is 0 Å². The number of thiazole rings is 1. The van der Waals surface area contributed by atoms with Gasteiger partial charge in [-0.2, -0.15) is 0 Å². The molecule has 0 unspecified atom stereocenters. The van der Waals surface area contributed by atoms with Crippen LogP contribution in [-0.4, -0.2) is 32.7 Å². The van der Waals surface area contributed by atoms with E-state index in [2.05, 4.69) is 25.8 Å². The molecule has 3 rings (SSSR count). The van der Waals surface area contributed by atoms with Crippen molar-refractivity contribution in [2.24, 2.45) is 5.92 Å². The molecule has 2 aromatic heterocycles. The Kier molecular flexibility index (Phi) is 5.23. The number of hydrogen-bond acceptors (Lipinski definition) is 8. The second-order valence-corrected chi connectivity index (χ2v) is 8.18. The summed E-state index contributed by atoms with van der Waals surface area (Å²) in [6.45, 7) is 1.88. The molecule has 0 spiro atoms. The van der Waals surface area contributed by atoms with Crippen molar-refractivity contribution in [2.75, 3.05) is 16.4 Å². The summed E-state index contributed by atoms with van der Waals surface area (Å²) in [7, 11) is 0. The average Bonchev–Trinajstić information content (AvgIpc) is 3.04. The highest BCUT2D eigenvalue weighted by Crippen LogP contribution is 2.30. The van der Waals surface area contributed by atoms with Gasteiger partial charge in [0, 0.05) is 11.3 Å². The number of hydrogen-bond donors (Lipinski definition) is 2. The van der Waals surface area contributed by atoms with Gasteiger partial charge < -0.3 is 10.6 Å². The zero-order valence-electron chi connectivity index (χ0n) is 12.4. The third-order valence-electron chi connectivity index (χ3n) is 3.30. The van der Waals surface area contributed by atoms with E-state index in [4.69, 9.17) is 0 Å². The molecule has 10 heteroatoms. The fourth-order valence-corrected chi connectivity index (χ4v) is 4.15. The van der Waals surface area contributed by atoms with Crippen molar-refractivity contribution in [1.29, 1.82) is 0 Å². The van der Waals surface area contributed by atoms with E-state index in [9.17, 15) is 9.59 Å². The lowest BCUT2D eigenvalue weighted by Gasteiger charge is -2.23. The van der Waals surface area contributed by atoms with Crippen molar-refractivity contribution in [3.8, 4) is 0 Å². The second-order valence-electron chi connectivity index (χ2n) is 5.12. The minimum Gasteiger partial charge on any atom is -0.301 e. The van der Waals surface area contributed by atoms with E-state index in [1.54, 1.807) is 0 Å². The molecule has 2 N–H and O–H groups in total. The number of aromatic nitrogens is 3. The fourth-order valence-electron chi connectivity index (χ4n) is 1.89. The number of anilines is 2. The van der Waals surface area contributed by atoms with Crippen molar-refractivity contribution in [1.82, 2.24) is 15.2 Å². The highest BCUT2D eigenvalue weighted by atomic mass is 32.2. The van der Waals surface area contributed by atoms with Crippen LogP contribution in [0.15, 0.2) is 9.72 Å². The molecule has 1 aliphatic rings. The van der Waals surface area contributed by atoms with Crippen LogP contribution in [0.25, 0.3) is 0 Å². The summed E-state index contributed by atoms with van der Waals surface area (Å²) < 4.78 is 0.652. The summed E-state index contributed by atoms with van der Waals surface area (Å²) in [6, 6.07) is 0. The molecule has 7 nitrogen and oxygen atoms in total. The zero-order valence-corrected chi connectivity index (χ0v) is 14.8. The second kappa shape index (κ2) is 7.37. The molecule has 0 atom stereocenters. The molecule has 0 bridgehead atoms. The van der Waals surface area contributed by atoms with Crippen LogP contribution in [0.1, 0.15) is 25.0 Å². The lowest BCUT2D eigenvalue weighted by Crippen LogP contribution is -2.27. The van der Waals surface area contributed by atoms with Crippen molar-refractivity contribution >= 4 is 56.5 Å². The summed E-state index contributed by atoms with van der Waals surface area (Å²) in [5.41, 5.74) is 0.883. The lowest BCUT2D eigenvalue weighted by atomic mass is 9.85. The number of rotatable bonds is 6. The molecule has 0 saturated heterocycles. The van der Waals surface area contributed by atoms with Crippen LogP contribution >= 0.6 is 34.4 Å². The monoisotopic (exact) mass is 369 g/mol. The first-order chi connectivity index (χ1) is 11.1. The predicted molar refractivity (Wildman–Crippen MR) is 92.1 cm³/mol. The molecular weight excluding hydrogens is 354 g/mol. The third-order valence-corrected chi connectivity index (χ3v) is 6.15. The van der Waals surface area contributed by atoms with Crippen molar-refractivity contribution < 1.29 is 9.59 Å². The van der Waals surface area contributed by atoms with Gasteiger partial charge in [0.2, 0.25) is 16.9 Å². The van der Waals surface area contributed by atoms with E-state index in [0.717, 1.165) is 25.0 Å². The third kappa shape index (κ3) is 4.49. The minimum atomic E-state index is -0.139. The number of carbonyl (C=O) groups excluding carboxylic acids is 2. The van der Waals surface area contributed by atoms with E-state index in [1.165, 1.54) is 34.4 Å². The van der Waals surface area contributed by atoms with Crippen LogP contribution in [-0.2, 0) is 9.59 Å². The van der Waals surface area contributed by atoms with Gasteiger partial charge in [-0.25, -0.2) is 4.98 Å². The summed E-state index contributed by atoms with van der Waals surface area (Å²) in [5.74, 6) is 0.215. The van der Waals surface area contributed by atoms with Crippen molar-refractivity contribution in [2.45, 2.75) is 30.5 Å². The molecular formula is C13H15N5O2S3. The normalized spacial score (nSPS) is 14.3. The van der Waals surface area contributed by atoms with E-state index < -0.39 is 0 Å². The van der Waals surface area contributed by atoms with Crippen molar-refractivity contribution in [3.05, 3.63) is 11.1 Å². The zero-order chi connectivity index (χ0) is 16.2. The smallest absolute Gasteiger partial charge is 0.236 e. The number of aryl methyl sites for hydroxylation is 1. The van der Waals surface area contributed by atoms with Gasteiger partial charge in [-0.15, -0.1) is 21.5 Å². The highest BCUT2D eigenvalue weighted by molar-refractivity contribution is 8.01. The summed E-state index contributed by atoms with van der Waals surface area (Å²) in [4.78, 5) is 27.8. The molecule has 2 amide bonds. The molecule has 2 heterocycles. The van der Waals surface area contributed by atoms with Crippen LogP contribution in [0.4, 0.5) is 10.3 Å². The molecule has 122 valence electrons. The van der Waals surface area contributed by atoms with E-state index in [-0.39, 0.29) is 23.5 Å². The van der Waals surface area contributed by atoms with Gasteiger partial charge in [0.05, 0.1) is 11.4 Å². The molecule has 1 saturated carbocycles. The van der Waals surface area contributed by atoms with Crippen LogP contribution in [0.2, 0.25) is 0 Å². The van der Waals surface area contributed by atoms with Gasteiger partial charge in [-0.1, -0.05) is 29.5 Å². The molecule has 0 radical (unpaired) electrons. The first kappa shape index (κ1) is 16.3. The maximum absolute atomic E-state index is 11.8. The highest BCUT2D eigenvalue weighted by Gasteiger charge is 2.26. The maximum Gasteiger partial charge on any atom is 0.236 e. The molecule has 1 aliphatic carbocycles. The van der Waals surface area contributed by atoms with Gasteiger partial charge in [0.15, 0.2) is 9.47 Å². The summed E-state index contributed by atoms with van der Waals surface area (Å²) >= 11 is 3.97. The predicted octanol–water partition coefficient (Wildman–Crippen LogP) is 2.77. The molecule has 0 aliphatic heterocycles. The molecule has 2 aromatic rings. The standard InChI is InChI=1S/C13H15N5O2S3/c1-7-5-21-11(14-7)15-9(19)6-22-13-18-17-12(23-13)16-10(20)8-3-2-4-8/h5,8H,2-4,6H2,1H3,(H,14,15,19)(H,16,17,20). The molecule has 0 aromatic carbocycles. The van der Waals surface area contributed by atoms with Gasteiger partial charge in [-0.3, -0.25) is 9.59 Å². The van der Waals surface area contributed by atoms with Crippen LogP contribution < -0.4 is 10.6 Å². The first-order valence-electron chi connectivity index (χ1n) is 7.09. The fraction of sp³-hybridized carbons (Fsp3) is 0.462. The topological polar surface area (TPSA) is 96.9 Å². The number of nitrogens with zero attached hydrogens (tertiary/aromatic N) is 3.